The molecule has 1 aliphatic rings. The summed E-state index contributed by atoms with van der Waals surface area (Å²) in [7, 11) is 0. The van der Waals surface area contributed by atoms with Gasteiger partial charge in [-0.25, -0.2) is 0 Å². The average molecular weight is 129 g/mol. The number of carbonyl (C=O) groups is 1. The topological polar surface area (TPSA) is 38.3 Å². The third-order valence-corrected chi connectivity index (χ3v) is 1.45. The second kappa shape index (κ2) is 3.45. The van der Waals surface area contributed by atoms with Crippen molar-refractivity contribution in [2.45, 2.75) is 18.9 Å². The molecular weight excluding hydrogens is 118 g/mol. The Morgan fingerprint density at radius 2 is 2.67 bits per heavy atom. The van der Waals surface area contributed by atoms with Gasteiger partial charge in [-0.1, -0.05) is 0 Å². The van der Waals surface area contributed by atoms with E-state index in [9.17, 15) is 4.79 Å². The number of hydrogen-bond acceptors (Lipinski definition) is 2. The normalized spacial score (nSPS) is 26.0. The van der Waals surface area contributed by atoms with Crippen molar-refractivity contribution in [2.75, 3.05) is 13.2 Å². The van der Waals surface area contributed by atoms with Crippen LogP contribution < -0.4 is 5.32 Å². The number of amides is 1. The van der Waals surface area contributed by atoms with Crippen molar-refractivity contribution in [1.29, 1.82) is 0 Å². The summed E-state index contributed by atoms with van der Waals surface area (Å²) in [5.74, 6) is 0. The molecule has 0 radical (unpaired) electrons. The maximum atomic E-state index is 9.79. The van der Waals surface area contributed by atoms with E-state index in [-0.39, 0.29) is 6.10 Å². The summed E-state index contributed by atoms with van der Waals surface area (Å²) in [4.78, 5) is 9.79. The maximum absolute atomic E-state index is 9.79. The van der Waals surface area contributed by atoms with Crippen LogP contribution in [-0.2, 0) is 9.53 Å². The molecule has 1 unspecified atom stereocenters. The molecule has 3 nitrogen and oxygen atoms in total. The van der Waals surface area contributed by atoms with Crippen LogP contribution in [0, 0.1) is 0 Å². The molecule has 52 valence electrons. The van der Waals surface area contributed by atoms with Gasteiger partial charge in [-0.2, -0.15) is 0 Å². The quantitative estimate of drug-likeness (QED) is 0.541. The van der Waals surface area contributed by atoms with Gasteiger partial charge in [0, 0.05) is 13.2 Å². The van der Waals surface area contributed by atoms with E-state index in [0.29, 0.717) is 13.0 Å². The lowest BCUT2D eigenvalue weighted by Gasteiger charge is -2.05. The van der Waals surface area contributed by atoms with Crippen LogP contribution in [-0.4, -0.2) is 25.7 Å². The Morgan fingerprint density at radius 3 is 3.22 bits per heavy atom. The number of carbonyl (C=O) groups excluding carboxylic acids is 1. The van der Waals surface area contributed by atoms with Gasteiger partial charge in [-0.15, -0.1) is 0 Å². The molecule has 1 saturated heterocycles. The molecule has 1 rings (SSSR count). The molecule has 1 aliphatic heterocycles. The highest BCUT2D eigenvalue weighted by Crippen LogP contribution is 2.09. The molecular formula is C6H11NO2. The van der Waals surface area contributed by atoms with Crippen molar-refractivity contribution >= 4 is 6.41 Å². The second-order valence-corrected chi connectivity index (χ2v) is 2.16. The van der Waals surface area contributed by atoms with Crippen molar-refractivity contribution in [1.82, 2.24) is 5.32 Å². The van der Waals surface area contributed by atoms with Gasteiger partial charge in [0.15, 0.2) is 0 Å². The van der Waals surface area contributed by atoms with Gasteiger partial charge >= 0.3 is 0 Å². The van der Waals surface area contributed by atoms with Crippen LogP contribution in [0.4, 0.5) is 0 Å². The molecule has 1 heterocycles. The minimum absolute atomic E-state index is 0.273. The molecule has 9 heavy (non-hydrogen) atoms. The van der Waals surface area contributed by atoms with Crippen molar-refractivity contribution < 1.29 is 9.53 Å². The van der Waals surface area contributed by atoms with E-state index in [1.54, 1.807) is 0 Å². The number of ether oxygens (including phenoxy) is 1. The fourth-order valence-electron chi connectivity index (χ4n) is 0.985. The first-order valence-corrected chi connectivity index (χ1v) is 3.22. The van der Waals surface area contributed by atoms with E-state index >= 15 is 0 Å². The SMILES string of the molecule is O=CNCC1CCCO1. The molecule has 3 heteroatoms. The molecule has 1 N–H and O–H groups in total. The largest absolute Gasteiger partial charge is 0.376 e. The summed E-state index contributed by atoms with van der Waals surface area (Å²) >= 11 is 0. The number of hydrogen-bond donors (Lipinski definition) is 1. The van der Waals surface area contributed by atoms with E-state index in [1.807, 2.05) is 0 Å². The Bertz CT molecular complexity index is 89.1. The lowest BCUT2D eigenvalue weighted by Crippen LogP contribution is -2.24. The summed E-state index contributed by atoms with van der Waals surface area (Å²) in [6, 6.07) is 0. The third kappa shape index (κ3) is 2.01. The molecule has 0 aliphatic carbocycles. The predicted molar refractivity (Wildman–Crippen MR) is 33.0 cm³/mol. The molecule has 0 aromatic heterocycles. The van der Waals surface area contributed by atoms with E-state index in [0.717, 1.165) is 19.4 Å². The highest BCUT2D eigenvalue weighted by Gasteiger charge is 2.13. The van der Waals surface area contributed by atoms with Crippen molar-refractivity contribution in [3.8, 4) is 0 Å². The first kappa shape index (κ1) is 6.55. The Hall–Kier alpha value is -0.570. The predicted octanol–water partition coefficient (Wildman–Crippen LogP) is -0.0886. The first-order valence-electron chi connectivity index (χ1n) is 3.22. The van der Waals surface area contributed by atoms with Gasteiger partial charge < -0.3 is 10.1 Å². The molecule has 0 saturated carbocycles. The number of nitrogens with one attached hydrogen (secondary N) is 1. The minimum Gasteiger partial charge on any atom is -0.376 e. The second-order valence-electron chi connectivity index (χ2n) is 2.16. The van der Waals surface area contributed by atoms with E-state index in [1.165, 1.54) is 0 Å². The van der Waals surface area contributed by atoms with Gasteiger partial charge in [-0.05, 0) is 12.8 Å². The maximum Gasteiger partial charge on any atom is 0.207 e. The van der Waals surface area contributed by atoms with Crippen LogP contribution in [0.5, 0.6) is 0 Å². The molecule has 1 fully saturated rings. The van der Waals surface area contributed by atoms with Crippen molar-refractivity contribution in [2.24, 2.45) is 0 Å². The highest BCUT2D eigenvalue weighted by atomic mass is 16.5. The molecule has 1 atom stereocenters. The van der Waals surface area contributed by atoms with Gasteiger partial charge in [-0.3, -0.25) is 4.79 Å². The van der Waals surface area contributed by atoms with Gasteiger partial charge in [0.2, 0.25) is 6.41 Å². The zero-order chi connectivity index (χ0) is 6.53. The van der Waals surface area contributed by atoms with E-state index in [4.69, 9.17) is 4.74 Å². The summed E-state index contributed by atoms with van der Waals surface area (Å²) in [5, 5.41) is 2.58. The summed E-state index contributed by atoms with van der Waals surface area (Å²) < 4.78 is 5.23. The van der Waals surface area contributed by atoms with Gasteiger partial charge in [0.05, 0.1) is 6.10 Å². The third-order valence-electron chi connectivity index (χ3n) is 1.45. The summed E-state index contributed by atoms with van der Waals surface area (Å²) in [5.41, 5.74) is 0. The Labute approximate surface area is 54.4 Å². The van der Waals surface area contributed by atoms with Crippen LogP contribution in [0.2, 0.25) is 0 Å². The summed E-state index contributed by atoms with van der Waals surface area (Å²) in [6.45, 7) is 1.52. The molecule has 0 spiro atoms. The van der Waals surface area contributed by atoms with E-state index in [2.05, 4.69) is 5.32 Å². The zero-order valence-corrected chi connectivity index (χ0v) is 5.30. The standard InChI is InChI=1S/C6H11NO2/c8-5-7-4-6-2-1-3-9-6/h5-6H,1-4H2,(H,7,8). The van der Waals surface area contributed by atoms with E-state index < -0.39 is 0 Å². The smallest absolute Gasteiger partial charge is 0.207 e. The van der Waals surface area contributed by atoms with Crippen LogP contribution in [0.15, 0.2) is 0 Å². The number of rotatable bonds is 3. The fraction of sp³-hybridized carbons (Fsp3) is 0.833. The minimum atomic E-state index is 0.273. The monoisotopic (exact) mass is 129 g/mol. The molecule has 0 aromatic carbocycles. The summed E-state index contributed by atoms with van der Waals surface area (Å²) in [6.07, 6.45) is 3.20. The molecule has 0 bridgehead atoms. The average Bonchev–Trinajstić information content (AvgIpc) is 2.34. The zero-order valence-electron chi connectivity index (χ0n) is 5.30. The Morgan fingerprint density at radius 1 is 1.78 bits per heavy atom. The first-order chi connectivity index (χ1) is 4.43. The fourth-order valence-corrected chi connectivity index (χ4v) is 0.985. The van der Waals surface area contributed by atoms with Crippen molar-refractivity contribution in [3.63, 3.8) is 0 Å². The van der Waals surface area contributed by atoms with Crippen LogP contribution in [0.1, 0.15) is 12.8 Å². The molecule has 0 aromatic rings. The van der Waals surface area contributed by atoms with Crippen LogP contribution in [0.25, 0.3) is 0 Å². The lowest BCUT2D eigenvalue weighted by atomic mass is 10.2. The Kier molecular flexibility index (Phi) is 2.51. The highest BCUT2D eigenvalue weighted by molar-refractivity contribution is 5.45. The van der Waals surface area contributed by atoms with Gasteiger partial charge in [0.25, 0.3) is 0 Å². The lowest BCUT2D eigenvalue weighted by molar-refractivity contribution is -0.110. The van der Waals surface area contributed by atoms with Gasteiger partial charge in [0.1, 0.15) is 0 Å². The van der Waals surface area contributed by atoms with Crippen LogP contribution in [0.3, 0.4) is 0 Å². The molecule has 1 amide bonds. The Balaban J connectivity index is 2.04. The van der Waals surface area contributed by atoms with Crippen LogP contribution >= 0.6 is 0 Å². The van der Waals surface area contributed by atoms with Crippen molar-refractivity contribution in [3.05, 3.63) is 0 Å².